The van der Waals surface area contributed by atoms with Gasteiger partial charge in [0.2, 0.25) is 0 Å². The van der Waals surface area contributed by atoms with Crippen molar-refractivity contribution in [3.8, 4) is 11.4 Å². The van der Waals surface area contributed by atoms with Gasteiger partial charge in [-0.15, -0.1) is 0 Å². The van der Waals surface area contributed by atoms with E-state index in [1.807, 2.05) is 25.2 Å². The van der Waals surface area contributed by atoms with Gasteiger partial charge in [-0.25, -0.2) is 9.97 Å². The van der Waals surface area contributed by atoms with E-state index in [9.17, 15) is 4.79 Å². The van der Waals surface area contributed by atoms with Crippen LogP contribution in [0.3, 0.4) is 0 Å². The van der Waals surface area contributed by atoms with Crippen molar-refractivity contribution in [3.63, 3.8) is 0 Å². The van der Waals surface area contributed by atoms with E-state index in [1.54, 1.807) is 29.7 Å². The number of anilines is 1. The average molecular weight is 373 g/mol. The Morgan fingerprint density at radius 1 is 1.11 bits per heavy atom. The zero-order valence-electron chi connectivity index (χ0n) is 15.9. The highest BCUT2D eigenvalue weighted by Crippen LogP contribution is 2.24. The third-order valence-corrected chi connectivity index (χ3v) is 5.10. The van der Waals surface area contributed by atoms with Crippen LogP contribution in [0.1, 0.15) is 16.8 Å². The SMILES string of the molecule is CN(C[C@@H]1CCN(c2ccccc2)C1)C(=O)c1cnc(-c2cccnc2)nc1. The monoisotopic (exact) mass is 373 g/mol. The van der Waals surface area contributed by atoms with Crippen molar-refractivity contribution >= 4 is 11.6 Å². The summed E-state index contributed by atoms with van der Waals surface area (Å²) in [5.74, 6) is 0.988. The fourth-order valence-corrected chi connectivity index (χ4v) is 3.63. The van der Waals surface area contributed by atoms with Crippen LogP contribution in [0, 0.1) is 5.92 Å². The largest absolute Gasteiger partial charge is 0.371 e. The molecule has 0 N–H and O–H groups in total. The van der Waals surface area contributed by atoms with Gasteiger partial charge in [0.1, 0.15) is 0 Å². The maximum Gasteiger partial charge on any atom is 0.256 e. The van der Waals surface area contributed by atoms with Crippen molar-refractivity contribution in [3.05, 3.63) is 72.8 Å². The zero-order valence-corrected chi connectivity index (χ0v) is 15.9. The smallest absolute Gasteiger partial charge is 0.256 e. The Bertz CT molecular complexity index is 915. The molecule has 0 bridgehead atoms. The van der Waals surface area contributed by atoms with Crippen molar-refractivity contribution in [1.82, 2.24) is 19.9 Å². The molecule has 1 aliphatic heterocycles. The third kappa shape index (κ3) is 4.01. The molecule has 6 heteroatoms. The highest BCUT2D eigenvalue weighted by atomic mass is 16.2. The Labute approximate surface area is 164 Å². The number of para-hydroxylation sites is 1. The summed E-state index contributed by atoms with van der Waals surface area (Å²) in [6.07, 6.45) is 7.70. The lowest BCUT2D eigenvalue weighted by atomic mass is 10.1. The molecule has 1 saturated heterocycles. The second-order valence-corrected chi connectivity index (χ2v) is 7.16. The molecule has 1 aliphatic rings. The summed E-state index contributed by atoms with van der Waals surface area (Å²) in [6.45, 7) is 2.73. The minimum Gasteiger partial charge on any atom is -0.371 e. The van der Waals surface area contributed by atoms with Gasteiger partial charge in [0.05, 0.1) is 5.56 Å². The highest BCUT2D eigenvalue weighted by molar-refractivity contribution is 5.93. The molecule has 3 aromatic rings. The molecule has 1 atom stereocenters. The van der Waals surface area contributed by atoms with Crippen molar-refractivity contribution in [2.75, 3.05) is 31.6 Å². The van der Waals surface area contributed by atoms with Crippen LogP contribution < -0.4 is 4.90 Å². The van der Waals surface area contributed by atoms with Crippen LogP contribution in [0.4, 0.5) is 5.69 Å². The van der Waals surface area contributed by atoms with Gasteiger partial charge < -0.3 is 9.80 Å². The first-order valence-corrected chi connectivity index (χ1v) is 9.48. The fourth-order valence-electron chi connectivity index (χ4n) is 3.63. The van der Waals surface area contributed by atoms with E-state index in [-0.39, 0.29) is 5.91 Å². The average Bonchev–Trinajstić information content (AvgIpc) is 3.23. The summed E-state index contributed by atoms with van der Waals surface area (Å²) in [7, 11) is 1.85. The molecule has 142 valence electrons. The molecule has 0 unspecified atom stereocenters. The summed E-state index contributed by atoms with van der Waals surface area (Å²) in [5, 5.41) is 0. The van der Waals surface area contributed by atoms with E-state index >= 15 is 0 Å². The third-order valence-electron chi connectivity index (χ3n) is 5.10. The topological polar surface area (TPSA) is 62.2 Å². The van der Waals surface area contributed by atoms with E-state index in [2.05, 4.69) is 44.1 Å². The number of hydrogen-bond acceptors (Lipinski definition) is 5. The zero-order chi connectivity index (χ0) is 19.3. The Balaban J connectivity index is 1.36. The minimum absolute atomic E-state index is 0.0455. The van der Waals surface area contributed by atoms with Crippen LogP contribution in [0.25, 0.3) is 11.4 Å². The van der Waals surface area contributed by atoms with E-state index in [4.69, 9.17) is 0 Å². The molecule has 28 heavy (non-hydrogen) atoms. The number of aromatic nitrogens is 3. The first-order valence-electron chi connectivity index (χ1n) is 9.48. The van der Waals surface area contributed by atoms with Gasteiger partial charge in [-0.2, -0.15) is 0 Å². The van der Waals surface area contributed by atoms with Gasteiger partial charge in [-0.1, -0.05) is 18.2 Å². The molecule has 4 rings (SSSR count). The number of carbonyl (C=O) groups excluding carboxylic acids is 1. The first-order chi connectivity index (χ1) is 13.7. The Morgan fingerprint density at radius 2 is 1.89 bits per heavy atom. The fraction of sp³-hybridized carbons (Fsp3) is 0.273. The standard InChI is InChI=1S/C22H23N5O/c1-26(15-17-9-11-27(16-17)20-7-3-2-4-8-20)22(28)19-13-24-21(25-14-19)18-6-5-10-23-12-18/h2-8,10,12-14,17H,9,11,15-16H2,1H3/t17-/m0/s1. The number of carbonyl (C=O) groups is 1. The van der Waals surface area contributed by atoms with Crippen molar-refractivity contribution in [2.45, 2.75) is 6.42 Å². The molecule has 1 aromatic carbocycles. The molecule has 0 spiro atoms. The van der Waals surface area contributed by atoms with Crippen molar-refractivity contribution < 1.29 is 4.79 Å². The van der Waals surface area contributed by atoms with Gasteiger partial charge in [-0.05, 0) is 36.6 Å². The van der Waals surface area contributed by atoms with Crippen LogP contribution in [-0.4, -0.2) is 52.4 Å². The number of hydrogen-bond donors (Lipinski definition) is 0. The van der Waals surface area contributed by atoms with Gasteiger partial charge in [0.15, 0.2) is 5.82 Å². The molecular formula is C22H23N5O. The molecule has 1 fully saturated rings. The molecule has 2 aromatic heterocycles. The van der Waals surface area contributed by atoms with Gasteiger partial charge in [-0.3, -0.25) is 9.78 Å². The van der Waals surface area contributed by atoms with E-state index in [1.165, 1.54) is 5.69 Å². The summed E-state index contributed by atoms with van der Waals surface area (Å²) in [6, 6.07) is 14.2. The van der Waals surface area contributed by atoms with Crippen LogP contribution in [-0.2, 0) is 0 Å². The summed E-state index contributed by atoms with van der Waals surface area (Å²) in [5.41, 5.74) is 2.59. The summed E-state index contributed by atoms with van der Waals surface area (Å²) < 4.78 is 0. The Kier molecular flexibility index (Phi) is 5.28. The minimum atomic E-state index is -0.0455. The van der Waals surface area contributed by atoms with E-state index in [0.717, 1.165) is 31.6 Å². The van der Waals surface area contributed by atoms with Gasteiger partial charge in [0, 0.05) is 62.7 Å². The summed E-state index contributed by atoms with van der Waals surface area (Å²) in [4.78, 5) is 29.6. The Hall–Kier alpha value is -3.28. The maximum atomic E-state index is 12.8. The van der Waals surface area contributed by atoms with Gasteiger partial charge >= 0.3 is 0 Å². The van der Waals surface area contributed by atoms with E-state index < -0.39 is 0 Å². The molecule has 3 heterocycles. The van der Waals surface area contributed by atoms with Crippen LogP contribution in [0.5, 0.6) is 0 Å². The lowest BCUT2D eigenvalue weighted by Crippen LogP contribution is -2.33. The molecule has 0 radical (unpaired) electrons. The van der Waals surface area contributed by atoms with E-state index in [0.29, 0.717) is 17.3 Å². The Morgan fingerprint density at radius 3 is 2.61 bits per heavy atom. The quantitative estimate of drug-likeness (QED) is 0.688. The lowest BCUT2D eigenvalue weighted by molar-refractivity contribution is 0.0775. The van der Waals surface area contributed by atoms with Crippen LogP contribution in [0.15, 0.2) is 67.3 Å². The highest BCUT2D eigenvalue weighted by Gasteiger charge is 2.25. The number of amides is 1. The molecule has 0 saturated carbocycles. The first kappa shape index (κ1) is 18.1. The molecular weight excluding hydrogens is 350 g/mol. The molecule has 0 aliphatic carbocycles. The number of benzene rings is 1. The second kappa shape index (κ2) is 8.17. The summed E-state index contributed by atoms with van der Waals surface area (Å²) >= 11 is 0. The molecule has 1 amide bonds. The normalized spacial score (nSPS) is 16.2. The van der Waals surface area contributed by atoms with Crippen molar-refractivity contribution in [2.24, 2.45) is 5.92 Å². The predicted molar refractivity (Wildman–Crippen MR) is 109 cm³/mol. The van der Waals surface area contributed by atoms with Crippen LogP contribution >= 0.6 is 0 Å². The predicted octanol–water partition coefficient (Wildman–Crippen LogP) is 3.14. The second-order valence-electron chi connectivity index (χ2n) is 7.16. The number of rotatable bonds is 5. The number of pyridine rings is 1. The van der Waals surface area contributed by atoms with Crippen molar-refractivity contribution in [1.29, 1.82) is 0 Å². The molecule has 6 nitrogen and oxygen atoms in total. The van der Waals surface area contributed by atoms with Crippen LogP contribution in [0.2, 0.25) is 0 Å². The van der Waals surface area contributed by atoms with Gasteiger partial charge in [0.25, 0.3) is 5.91 Å². The lowest BCUT2D eigenvalue weighted by Gasteiger charge is -2.22. The maximum absolute atomic E-state index is 12.8. The number of nitrogens with zero attached hydrogens (tertiary/aromatic N) is 5.